The maximum Gasteiger partial charge on any atom is 0.356 e. The van der Waals surface area contributed by atoms with E-state index < -0.39 is 5.97 Å². The molecule has 1 heterocycles. The molecule has 2 N–H and O–H groups in total. The Morgan fingerprint density at radius 2 is 2.08 bits per heavy atom. The molecule has 0 atom stereocenters. The summed E-state index contributed by atoms with van der Waals surface area (Å²) in [4.78, 5) is 10.7. The molecule has 0 unspecified atom stereocenters. The first-order valence-corrected chi connectivity index (χ1v) is 4.08. The normalized spacial score (nSPS) is 14.5. The van der Waals surface area contributed by atoms with Crippen molar-refractivity contribution in [2.24, 2.45) is 0 Å². The second kappa shape index (κ2) is 3.79. The SMILES string of the molecule is Cl.O=C(O)c1n[nH]c2c1CCCC2. The van der Waals surface area contributed by atoms with Crippen LogP contribution < -0.4 is 0 Å². The van der Waals surface area contributed by atoms with E-state index in [4.69, 9.17) is 5.11 Å². The fraction of sp³-hybridized carbons (Fsp3) is 0.500. The summed E-state index contributed by atoms with van der Waals surface area (Å²) >= 11 is 0. The zero-order valence-electron chi connectivity index (χ0n) is 7.04. The monoisotopic (exact) mass is 202 g/mol. The van der Waals surface area contributed by atoms with Gasteiger partial charge < -0.3 is 5.11 Å². The molecule has 0 fully saturated rings. The van der Waals surface area contributed by atoms with Crippen molar-refractivity contribution in [3.8, 4) is 0 Å². The number of hydrogen-bond acceptors (Lipinski definition) is 2. The number of aromatic nitrogens is 2. The molecule has 0 saturated heterocycles. The molecule has 0 bridgehead atoms. The number of aromatic amines is 1. The summed E-state index contributed by atoms with van der Waals surface area (Å²) in [5.74, 6) is -0.922. The lowest BCUT2D eigenvalue weighted by molar-refractivity contribution is 0.0689. The van der Waals surface area contributed by atoms with E-state index in [2.05, 4.69) is 10.2 Å². The smallest absolute Gasteiger partial charge is 0.356 e. The van der Waals surface area contributed by atoms with Gasteiger partial charge >= 0.3 is 5.97 Å². The predicted octanol–water partition coefficient (Wildman–Crippen LogP) is 1.41. The van der Waals surface area contributed by atoms with Crippen LogP contribution in [0, 0.1) is 0 Å². The maximum absolute atomic E-state index is 10.7. The van der Waals surface area contributed by atoms with E-state index in [-0.39, 0.29) is 18.1 Å². The number of hydrogen-bond donors (Lipinski definition) is 2. The standard InChI is InChI=1S/C8H10N2O2.ClH/c11-8(12)7-5-3-1-2-4-6(5)9-10-7;/h1-4H2,(H,9,10)(H,11,12);1H. The van der Waals surface area contributed by atoms with E-state index in [0.29, 0.717) is 0 Å². The van der Waals surface area contributed by atoms with Crippen LogP contribution in [0.1, 0.15) is 34.6 Å². The van der Waals surface area contributed by atoms with Crippen LogP contribution in [0.5, 0.6) is 0 Å². The summed E-state index contributed by atoms with van der Waals surface area (Å²) in [7, 11) is 0. The molecule has 0 aliphatic heterocycles. The van der Waals surface area contributed by atoms with E-state index in [0.717, 1.165) is 36.9 Å². The zero-order valence-corrected chi connectivity index (χ0v) is 7.86. The number of aromatic carboxylic acids is 1. The van der Waals surface area contributed by atoms with Gasteiger partial charge in [0, 0.05) is 11.3 Å². The molecule has 0 amide bonds. The Hall–Kier alpha value is -1.03. The Labute approximate surface area is 81.8 Å². The zero-order chi connectivity index (χ0) is 8.55. The lowest BCUT2D eigenvalue weighted by atomic mass is 9.96. The Balaban J connectivity index is 0.000000845. The summed E-state index contributed by atoms with van der Waals surface area (Å²) in [6.45, 7) is 0. The number of carboxylic acids is 1. The minimum absolute atomic E-state index is 0. The average Bonchev–Trinajstić information content (AvgIpc) is 2.47. The molecule has 1 aliphatic carbocycles. The number of H-pyrrole nitrogens is 1. The van der Waals surface area contributed by atoms with Gasteiger partial charge in [-0.25, -0.2) is 4.79 Å². The largest absolute Gasteiger partial charge is 0.476 e. The summed E-state index contributed by atoms with van der Waals surface area (Å²) in [5.41, 5.74) is 2.14. The molecule has 1 aromatic heterocycles. The lowest BCUT2D eigenvalue weighted by Crippen LogP contribution is -2.06. The number of aryl methyl sites for hydroxylation is 1. The van der Waals surface area contributed by atoms with Crippen molar-refractivity contribution in [1.29, 1.82) is 0 Å². The Bertz CT molecular complexity index is 322. The first-order valence-electron chi connectivity index (χ1n) is 4.08. The quantitative estimate of drug-likeness (QED) is 0.724. The van der Waals surface area contributed by atoms with Crippen molar-refractivity contribution < 1.29 is 9.90 Å². The second-order valence-electron chi connectivity index (χ2n) is 3.04. The molecule has 0 spiro atoms. The van der Waals surface area contributed by atoms with Gasteiger partial charge in [-0.2, -0.15) is 5.10 Å². The highest BCUT2D eigenvalue weighted by Crippen LogP contribution is 2.21. The highest BCUT2D eigenvalue weighted by Gasteiger charge is 2.20. The number of carboxylic acid groups (broad SMARTS) is 1. The summed E-state index contributed by atoms with van der Waals surface area (Å²) in [6.07, 6.45) is 4.00. The molecule has 0 saturated carbocycles. The van der Waals surface area contributed by atoms with E-state index in [9.17, 15) is 4.79 Å². The molecule has 1 aromatic rings. The van der Waals surface area contributed by atoms with Crippen molar-refractivity contribution >= 4 is 18.4 Å². The van der Waals surface area contributed by atoms with Crippen LogP contribution in [0.4, 0.5) is 0 Å². The molecular weight excluding hydrogens is 192 g/mol. The molecule has 1 aliphatic rings. The number of halogens is 1. The lowest BCUT2D eigenvalue weighted by Gasteiger charge is -2.09. The third-order valence-electron chi connectivity index (χ3n) is 2.26. The van der Waals surface area contributed by atoms with E-state index in [1.165, 1.54) is 0 Å². The Morgan fingerprint density at radius 1 is 1.38 bits per heavy atom. The van der Waals surface area contributed by atoms with Crippen LogP contribution >= 0.6 is 12.4 Å². The Morgan fingerprint density at radius 3 is 2.77 bits per heavy atom. The van der Waals surface area contributed by atoms with Gasteiger partial charge in [0.25, 0.3) is 0 Å². The van der Waals surface area contributed by atoms with Crippen LogP contribution in [-0.2, 0) is 12.8 Å². The number of nitrogens with zero attached hydrogens (tertiary/aromatic N) is 1. The molecule has 4 nitrogen and oxygen atoms in total. The molecule has 0 radical (unpaired) electrons. The van der Waals surface area contributed by atoms with E-state index in [1.54, 1.807) is 0 Å². The summed E-state index contributed by atoms with van der Waals surface area (Å²) < 4.78 is 0. The van der Waals surface area contributed by atoms with Gasteiger partial charge in [-0.3, -0.25) is 5.10 Å². The van der Waals surface area contributed by atoms with Crippen molar-refractivity contribution in [1.82, 2.24) is 10.2 Å². The first-order chi connectivity index (χ1) is 5.79. The number of carbonyl (C=O) groups is 1. The minimum Gasteiger partial charge on any atom is -0.476 e. The average molecular weight is 203 g/mol. The predicted molar refractivity (Wildman–Crippen MR) is 49.4 cm³/mol. The molecule has 2 rings (SSSR count). The van der Waals surface area contributed by atoms with Crippen LogP contribution in [0.15, 0.2) is 0 Å². The van der Waals surface area contributed by atoms with E-state index >= 15 is 0 Å². The van der Waals surface area contributed by atoms with Gasteiger partial charge in [0.1, 0.15) is 0 Å². The molecule has 13 heavy (non-hydrogen) atoms. The van der Waals surface area contributed by atoms with Crippen molar-refractivity contribution in [2.45, 2.75) is 25.7 Å². The van der Waals surface area contributed by atoms with Gasteiger partial charge in [-0.05, 0) is 25.7 Å². The highest BCUT2D eigenvalue weighted by atomic mass is 35.5. The minimum atomic E-state index is -0.922. The first kappa shape index (κ1) is 10.1. The topological polar surface area (TPSA) is 66.0 Å². The fourth-order valence-electron chi connectivity index (χ4n) is 1.66. The second-order valence-corrected chi connectivity index (χ2v) is 3.04. The summed E-state index contributed by atoms with van der Waals surface area (Å²) in [5, 5.41) is 15.3. The number of nitrogens with one attached hydrogen (secondary N) is 1. The molecule has 0 aromatic carbocycles. The van der Waals surface area contributed by atoms with Gasteiger partial charge in [0.2, 0.25) is 0 Å². The molecular formula is C8H11ClN2O2. The van der Waals surface area contributed by atoms with Crippen molar-refractivity contribution in [3.05, 3.63) is 17.0 Å². The number of rotatable bonds is 1. The molecule has 5 heteroatoms. The summed E-state index contributed by atoms with van der Waals surface area (Å²) in [6, 6.07) is 0. The maximum atomic E-state index is 10.7. The van der Waals surface area contributed by atoms with Crippen molar-refractivity contribution in [3.63, 3.8) is 0 Å². The molecule has 72 valence electrons. The van der Waals surface area contributed by atoms with Crippen LogP contribution in [0.2, 0.25) is 0 Å². The van der Waals surface area contributed by atoms with Gasteiger partial charge in [0.05, 0.1) is 0 Å². The van der Waals surface area contributed by atoms with Crippen molar-refractivity contribution in [2.75, 3.05) is 0 Å². The number of fused-ring (bicyclic) bond motifs is 1. The Kier molecular flexibility index (Phi) is 2.93. The van der Waals surface area contributed by atoms with Crippen LogP contribution in [-0.4, -0.2) is 21.3 Å². The van der Waals surface area contributed by atoms with Crippen LogP contribution in [0.25, 0.3) is 0 Å². The van der Waals surface area contributed by atoms with Gasteiger partial charge in [0.15, 0.2) is 5.69 Å². The van der Waals surface area contributed by atoms with Gasteiger partial charge in [-0.1, -0.05) is 0 Å². The van der Waals surface area contributed by atoms with Gasteiger partial charge in [-0.15, -0.1) is 12.4 Å². The highest BCUT2D eigenvalue weighted by molar-refractivity contribution is 5.87. The third kappa shape index (κ3) is 1.67. The van der Waals surface area contributed by atoms with Crippen LogP contribution in [0.3, 0.4) is 0 Å². The fourth-order valence-corrected chi connectivity index (χ4v) is 1.66. The third-order valence-corrected chi connectivity index (χ3v) is 2.26. The van der Waals surface area contributed by atoms with E-state index in [1.807, 2.05) is 0 Å².